The number of benzene rings is 1. The molecule has 3 rings (SSSR count). The highest BCUT2D eigenvalue weighted by Gasteiger charge is 2.12. The lowest BCUT2D eigenvalue weighted by molar-refractivity contribution is 0.102. The molecule has 2 aromatic heterocycles. The van der Waals surface area contributed by atoms with Crippen molar-refractivity contribution < 1.29 is 4.79 Å². The van der Waals surface area contributed by atoms with Crippen molar-refractivity contribution in [2.24, 2.45) is 7.05 Å². The van der Waals surface area contributed by atoms with Crippen molar-refractivity contribution in [3.8, 4) is 6.07 Å². The lowest BCUT2D eigenvalue weighted by Gasteiger charge is -2.06. The van der Waals surface area contributed by atoms with Crippen molar-refractivity contribution >= 4 is 22.5 Å². The van der Waals surface area contributed by atoms with Crippen LogP contribution >= 0.6 is 0 Å². The molecule has 0 aliphatic rings. The minimum absolute atomic E-state index is 0.267. The second-order valence-corrected chi connectivity index (χ2v) is 5.46. The monoisotopic (exact) mass is 307 g/mol. The molecular weight excluding hydrogens is 290 g/mol. The maximum absolute atomic E-state index is 12.2. The Balaban J connectivity index is 1.94. The number of carbonyl (C=O) groups excluding carboxylic acids is 1. The van der Waals surface area contributed by atoms with Crippen LogP contribution in [0.25, 0.3) is 10.9 Å². The summed E-state index contributed by atoms with van der Waals surface area (Å²) in [6, 6.07) is 7.82. The molecule has 116 valence electrons. The molecule has 0 atom stereocenters. The number of aryl methyl sites for hydroxylation is 2. The Kier molecular flexibility index (Phi) is 3.85. The van der Waals surface area contributed by atoms with Crippen LogP contribution in [0.3, 0.4) is 0 Å². The van der Waals surface area contributed by atoms with Crippen LogP contribution in [0.15, 0.2) is 36.9 Å². The van der Waals surface area contributed by atoms with Crippen molar-refractivity contribution in [3.05, 3.63) is 48.2 Å². The molecule has 6 heteroatoms. The number of nitrogens with one attached hydrogen (secondary N) is 1. The van der Waals surface area contributed by atoms with Crippen LogP contribution in [-0.4, -0.2) is 20.0 Å². The Morgan fingerprint density at radius 2 is 2.22 bits per heavy atom. The molecule has 0 aliphatic heterocycles. The zero-order valence-corrected chi connectivity index (χ0v) is 13.1. The van der Waals surface area contributed by atoms with Crippen LogP contribution in [0.4, 0.5) is 5.69 Å². The van der Waals surface area contributed by atoms with Gasteiger partial charge in [0.2, 0.25) is 0 Å². The van der Waals surface area contributed by atoms with E-state index >= 15 is 0 Å². The highest BCUT2D eigenvalue weighted by molar-refractivity contribution is 6.04. The number of hydrogen-bond acceptors (Lipinski definition) is 3. The lowest BCUT2D eigenvalue weighted by Crippen LogP contribution is -2.12. The molecule has 23 heavy (non-hydrogen) atoms. The highest BCUT2D eigenvalue weighted by Crippen LogP contribution is 2.25. The number of anilines is 1. The third-order valence-corrected chi connectivity index (χ3v) is 3.66. The summed E-state index contributed by atoms with van der Waals surface area (Å²) in [5, 5.41) is 13.0. The van der Waals surface area contributed by atoms with Crippen molar-refractivity contribution in [1.29, 1.82) is 5.26 Å². The largest absolute Gasteiger partial charge is 0.346 e. The summed E-state index contributed by atoms with van der Waals surface area (Å²) in [4.78, 5) is 16.2. The molecule has 0 radical (unpaired) electrons. The second-order valence-electron chi connectivity index (χ2n) is 5.46. The molecule has 1 N–H and O–H groups in total. The van der Waals surface area contributed by atoms with Crippen LogP contribution in [0, 0.1) is 11.3 Å². The van der Waals surface area contributed by atoms with Crippen molar-refractivity contribution in [2.75, 3.05) is 5.32 Å². The summed E-state index contributed by atoms with van der Waals surface area (Å²) in [6.07, 6.45) is 6.09. The quantitative estimate of drug-likeness (QED) is 0.805. The average molecular weight is 307 g/mol. The Morgan fingerprint density at radius 1 is 1.39 bits per heavy atom. The van der Waals surface area contributed by atoms with Crippen molar-refractivity contribution in [1.82, 2.24) is 14.1 Å². The van der Waals surface area contributed by atoms with Crippen LogP contribution in [0.1, 0.15) is 29.4 Å². The normalized spacial score (nSPS) is 10.7. The minimum Gasteiger partial charge on any atom is -0.346 e. The number of rotatable bonds is 4. The molecule has 0 aliphatic carbocycles. The molecule has 0 bridgehead atoms. The van der Waals surface area contributed by atoms with E-state index < -0.39 is 0 Å². The van der Waals surface area contributed by atoms with Gasteiger partial charge in [0.1, 0.15) is 11.8 Å². The SMILES string of the molecule is CCCn1cc(C#N)c2cc(NC(=O)c3cn(C)cn3)ccc21. The Hall–Kier alpha value is -3.07. The van der Waals surface area contributed by atoms with Gasteiger partial charge in [-0.3, -0.25) is 4.79 Å². The number of amides is 1. The van der Waals surface area contributed by atoms with Gasteiger partial charge in [0.25, 0.3) is 5.91 Å². The van der Waals surface area contributed by atoms with Crippen molar-refractivity contribution in [3.63, 3.8) is 0 Å². The first-order valence-corrected chi connectivity index (χ1v) is 7.44. The summed E-state index contributed by atoms with van der Waals surface area (Å²) < 4.78 is 3.79. The van der Waals surface area contributed by atoms with Gasteiger partial charge in [-0.05, 0) is 24.6 Å². The summed E-state index contributed by atoms with van der Waals surface area (Å²) in [5.74, 6) is -0.267. The van der Waals surface area contributed by atoms with Gasteiger partial charge in [-0.25, -0.2) is 4.98 Å². The van der Waals surface area contributed by atoms with Gasteiger partial charge in [-0.1, -0.05) is 6.92 Å². The second kappa shape index (κ2) is 5.97. The van der Waals surface area contributed by atoms with Crippen LogP contribution in [0.2, 0.25) is 0 Å². The lowest BCUT2D eigenvalue weighted by atomic mass is 10.1. The molecule has 0 spiro atoms. The van der Waals surface area contributed by atoms with Gasteiger partial charge in [0, 0.05) is 42.6 Å². The van der Waals surface area contributed by atoms with E-state index in [1.54, 1.807) is 17.1 Å². The van der Waals surface area contributed by atoms with Gasteiger partial charge < -0.3 is 14.5 Å². The van der Waals surface area contributed by atoms with E-state index in [9.17, 15) is 10.1 Å². The summed E-state index contributed by atoms with van der Waals surface area (Å²) in [5.41, 5.74) is 2.62. The first kappa shape index (κ1) is 14.9. The fourth-order valence-corrected chi connectivity index (χ4v) is 2.62. The third kappa shape index (κ3) is 2.81. The number of imidazole rings is 1. The molecule has 3 aromatic rings. The van der Waals surface area contributed by atoms with Crippen LogP contribution in [-0.2, 0) is 13.6 Å². The topological polar surface area (TPSA) is 75.6 Å². The zero-order valence-electron chi connectivity index (χ0n) is 13.1. The minimum atomic E-state index is -0.267. The Labute approximate surface area is 134 Å². The summed E-state index contributed by atoms with van der Waals surface area (Å²) in [7, 11) is 1.81. The van der Waals surface area contributed by atoms with E-state index in [4.69, 9.17) is 0 Å². The number of hydrogen-bond donors (Lipinski definition) is 1. The molecule has 0 saturated carbocycles. The molecule has 2 heterocycles. The van der Waals surface area contributed by atoms with E-state index in [1.807, 2.05) is 31.4 Å². The number of carbonyl (C=O) groups is 1. The van der Waals surface area contributed by atoms with Gasteiger partial charge in [-0.2, -0.15) is 5.26 Å². The summed E-state index contributed by atoms with van der Waals surface area (Å²) >= 11 is 0. The van der Waals surface area contributed by atoms with E-state index in [-0.39, 0.29) is 5.91 Å². The maximum Gasteiger partial charge on any atom is 0.275 e. The van der Waals surface area contributed by atoms with Crippen molar-refractivity contribution in [2.45, 2.75) is 19.9 Å². The Bertz CT molecular complexity index is 913. The standard InChI is InChI=1S/C17H17N5O/c1-3-6-22-9-12(8-18)14-7-13(4-5-16(14)22)20-17(23)15-10-21(2)11-19-15/h4-5,7,9-11H,3,6H2,1-2H3,(H,20,23). The first-order valence-electron chi connectivity index (χ1n) is 7.44. The smallest absolute Gasteiger partial charge is 0.275 e. The molecule has 0 saturated heterocycles. The predicted octanol–water partition coefficient (Wildman–Crippen LogP) is 2.91. The molecular formula is C17H17N5O. The first-order chi connectivity index (χ1) is 11.1. The van der Waals surface area contributed by atoms with E-state index in [2.05, 4.69) is 27.9 Å². The number of fused-ring (bicyclic) bond motifs is 1. The highest BCUT2D eigenvalue weighted by atomic mass is 16.1. The molecule has 6 nitrogen and oxygen atoms in total. The van der Waals surface area contributed by atoms with Gasteiger partial charge in [-0.15, -0.1) is 0 Å². The third-order valence-electron chi connectivity index (χ3n) is 3.66. The number of nitriles is 1. The average Bonchev–Trinajstić information content (AvgIpc) is 3.12. The maximum atomic E-state index is 12.2. The molecule has 1 amide bonds. The van der Waals surface area contributed by atoms with Crippen LogP contribution < -0.4 is 5.32 Å². The molecule has 0 fully saturated rings. The van der Waals surface area contributed by atoms with Gasteiger partial charge >= 0.3 is 0 Å². The van der Waals surface area contributed by atoms with Crippen LogP contribution in [0.5, 0.6) is 0 Å². The fraction of sp³-hybridized carbons (Fsp3) is 0.235. The number of aromatic nitrogens is 3. The Morgan fingerprint density at radius 3 is 2.87 bits per heavy atom. The van der Waals surface area contributed by atoms with Gasteiger partial charge in [0.05, 0.1) is 11.9 Å². The fourth-order valence-electron chi connectivity index (χ4n) is 2.62. The summed E-state index contributed by atoms with van der Waals surface area (Å²) in [6.45, 7) is 2.96. The van der Waals surface area contributed by atoms with E-state index in [1.165, 1.54) is 0 Å². The molecule has 1 aromatic carbocycles. The van der Waals surface area contributed by atoms with Gasteiger partial charge in [0.15, 0.2) is 0 Å². The zero-order chi connectivity index (χ0) is 16.4. The molecule has 0 unspecified atom stereocenters. The predicted molar refractivity (Wildman–Crippen MR) is 88.1 cm³/mol. The van der Waals surface area contributed by atoms with E-state index in [0.29, 0.717) is 16.9 Å². The van der Waals surface area contributed by atoms with E-state index in [0.717, 1.165) is 23.9 Å². The number of nitrogens with zero attached hydrogens (tertiary/aromatic N) is 4.